The van der Waals surface area contributed by atoms with E-state index in [1.54, 1.807) is 6.92 Å². The molecule has 0 amide bonds. The highest BCUT2D eigenvalue weighted by atomic mass is 19.4. The molecule has 6 heteroatoms. The van der Waals surface area contributed by atoms with Gasteiger partial charge in [0, 0.05) is 6.07 Å². The van der Waals surface area contributed by atoms with Gasteiger partial charge in [0.15, 0.2) is 0 Å². The third-order valence-electron chi connectivity index (χ3n) is 2.40. The number of benzene rings is 1. The Morgan fingerprint density at radius 2 is 1.67 bits per heavy atom. The molecule has 1 unspecified atom stereocenters. The molecule has 1 aromatic carbocycles. The molecule has 0 fully saturated rings. The van der Waals surface area contributed by atoms with Gasteiger partial charge in [0.1, 0.15) is 17.7 Å². The van der Waals surface area contributed by atoms with E-state index in [2.05, 4.69) is 5.32 Å². The van der Waals surface area contributed by atoms with Crippen molar-refractivity contribution in [1.29, 1.82) is 0 Å². The van der Waals surface area contributed by atoms with Gasteiger partial charge in [-0.05, 0) is 37.1 Å². The summed E-state index contributed by atoms with van der Waals surface area (Å²) in [5.74, 6) is -1.75. The Hall–Kier alpha value is -1.17. The SMILES string of the molecule is CCCNC(Cc1cc(F)cc(F)c1)C(F)(F)F. The van der Waals surface area contributed by atoms with Gasteiger partial charge in [-0.3, -0.25) is 0 Å². The van der Waals surface area contributed by atoms with Crippen LogP contribution in [0.1, 0.15) is 18.9 Å². The van der Waals surface area contributed by atoms with Gasteiger partial charge >= 0.3 is 6.18 Å². The molecular weight excluding hydrogens is 253 g/mol. The minimum Gasteiger partial charge on any atom is -0.306 e. The minimum absolute atomic E-state index is 0.0153. The molecule has 1 aromatic rings. The van der Waals surface area contributed by atoms with Crippen molar-refractivity contribution in [1.82, 2.24) is 5.32 Å². The van der Waals surface area contributed by atoms with E-state index >= 15 is 0 Å². The normalized spacial score (nSPS) is 13.7. The molecule has 0 spiro atoms. The second kappa shape index (κ2) is 6.13. The number of halogens is 5. The number of rotatable bonds is 5. The zero-order valence-electron chi connectivity index (χ0n) is 9.82. The molecule has 0 aromatic heterocycles. The monoisotopic (exact) mass is 267 g/mol. The molecule has 0 aliphatic heterocycles. The van der Waals surface area contributed by atoms with Crippen LogP contribution < -0.4 is 5.32 Å². The van der Waals surface area contributed by atoms with E-state index in [9.17, 15) is 22.0 Å². The summed E-state index contributed by atoms with van der Waals surface area (Å²) in [5, 5.41) is 2.33. The van der Waals surface area contributed by atoms with Gasteiger partial charge in [-0.25, -0.2) is 8.78 Å². The number of hydrogen-bond donors (Lipinski definition) is 1. The van der Waals surface area contributed by atoms with Crippen molar-refractivity contribution in [3.63, 3.8) is 0 Å². The lowest BCUT2D eigenvalue weighted by molar-refractivity contribution is -0.155. The molecule has 0 heterocycles. The van der Waals surface area contributed by atoms with E-state index in [-0.39, 0.29) is 12.1 Å². The van der Waals surface area contributed by atoms with Crippen molar-refractivity contribution in [2.24, 2.45) is 0 Å². The average molecular weight is 267 g/mol. The number of hydrogen-bond acceptors (Lipinski definition) is 1. The van der Waals surface area contributed by atoms with E-state index in [4.69, 9.17) is 0 Å². The van der Waals surface area contributed by atoms with Crippen molar-refractivity contribution < 1.29 is 22.0 Å². The second-order valence-electron chi connectivity index (χ2n) is 4.03. The molecule has 1 N–H and O–H groups in total. The lowest BCUT2D eigenvalue weighted by atomic mass is 10.0. The summed E-state index contributed by atoms with van der Waals surface area (Å²) in [6, 6.07) is 0.662. The Labute approximate surface area is 102 Å². The summed E-state index contributed by atoms with van der Waals surface area (Å²) >= 11 is 0. The maximum absolute atomic E-state index is 12.9. The average Bonchev–Trinajstić information content (AvgIpc) is 2.21. The summed E-state index contributed by atoms with van der Waals surface area (Å²) in [7, 11) is 0. The quantitative estimate of drug-likeness (QED) is 0.806. The minimum atomic E-state index is -4.45. The molecule has 0 aliphatic rings. The van der Waals surface area contributed by atoms with Crippen molar-refractivity contribution in [2.45, 2.75) is 32.0 Å². The summed E-state index contributed by atoms with van der Waals surface area (Å²) in [5.41, 5.74) is -0.0153. The summed E-state index contributed by atoms with van der Waals surface area (Å²) in [6.07, 6.45) is -4.39. The van der Waals surface area contributed by atoms with Crippen molar-refractivity contribution in [3.05, 3.63) is 35.4 Å². The first kappa shape index (κ1) is 14.9. The molecule has 0 bridgehead atoms. The Morgan fingerprint density at radius 1 is 1.11 bits per heavy atom. The van der Waals surface area contributed by atoms with Crippen LogP contribution in [-0.4, -0.2) is 18.8 Å². The molecular formula is C12H14F5N. The van der Waals surface area contributed by atoms with Crippen LogP contribution >= 0.6 is 0 Å². The zero-order chi connectivity index (χ0) is 13.8. The van der Waals surface area contributed by atoms with E-state index < -0.39 is 30.3 Å². The van der Waals surface area contributed by atoms with Crippen LogP contribution in [0.15, 0.2) is 18.2 Å². The van der Waals surface area contributed by atoms with Gasteiger partial charge in [0.05, 0.1) is 0 Å². The molecule has 0 radical (unpaired) electrons. The molecule has 0 aliphatic carbocycles. The number of nitrogens with one attached hydrogen (secondary N) is 1. The van der Waals surface area contributed by atoms with Gasteiger partial charge in [-0.1, -0.05) is 6.92 Å². The first-order valence-corrected chi connectivity index (χ1v) is 5.58. The van der Waals surface area contributed by atoms with Crippen molar-refractivity contribution in [2.75, 3.05) is 6.54 Å². The fourth-order valence-electron chi connectivity index (χ4n) is 1.59. The highest BCUT2D eigenvalue weighted by molar-refractivity contribution is 5.19. The Morgan fingerprint density at radius 3 is 2.11 bits per heavy atom. The highest BCUT2D eigenvalue weighted by Crippen LogP contribution is 2.23. The third kappa shape index (κ3) is 4.60. The maximum atomic E-state index is 12.9. The topological polar surface area (TPSA) is 12.0 Å². The van der Waals surface area contributed by atoms with Gasteiger partial charge in [0.25, 0.3) is 0 Å². The Balaban J connectivity index is 2.82. The first-order chi connectivity index (χ1) is 8.32. The second-order valence-corrected chi connectivity index (χ2v) is 4.03. The molecule has 1 atom stereocenters. The van der Waals surface area contributed by atoms with Gasteiger partial charge in [-0.15, -0.1) is 0 Å². The van der Waals surface area contributed by atoms with E-state index in [0.29, 0.717) is 12.5 Å². The Kier molecular flexibility index (Phi) is 5.07. The standard InChI is InChI=1S/C12H14F5N/c1-2-3-18-11(12(15,16)17)6-8-4-9(13)7-10(14)5-8/h4-5,7,11,18H,2-3,6H2,1H3. The fraction of sp³-hybridized carbons (Fsp3) is 0.500. The van der Waals surface area contributed by atoms with E-state index in [1.165, 1.54) is 0 Å². The third-order valence-corrected chi connectivity index (χ3v) is 2.40. The van der Waals surface area contributed by atoms with Crippen LogP contribution in [0.3, 0.4) is 0 Å². The molecule has 1 rings (SSSR count). The first-order valence-electron chi connectivity index (χ1n) is 5.58. The highest BCUT2D eigenvalue weighted by Gasteiger charge is 2.39. The predicted molar refractivity (Wildman–Crippen MR) is 58.2 cm³/mol. The number of alkyl halides is 3. The molecule has 18 heavy (non-hydrogen) atoms. The summed E-state index contributed by atoms with van der Waals surface area (Å²) in [6.45, 7) is 1.93. The van der Waals surface area contributed by atoms with Crippen molar-refractivity contribution in [3.8, 4) is 0 Å². The Bertz CT molecular complexity index is 368. The lowest BCUT2D eigenvalue weighted by Gasteiger charge is -2.21. The van der Waals surface area contributed by atoms with Gasteiger partial charge in [-0.2, -0.15) is 13.2 Å². The van der Waals surface area contributed by atoms with Crippen LogP contribution in [0, 0.1) is 11.6 Å². The fourth-order valence-corrected chi connectivity index (χ4v) is 1.59. The van der Waals surface area contributed by atoms with Gasteiger partial charge < -0.3 is 5.32 Å². The van der Waals surface area contributed by atoms with Crippen LogP contribution in [0.2, 0.25) is 0 Å². The predicted octanol–water partition coefficient (Wildman–Crippen LogP) is 3.44. The smallest absolute Gasteiger partial charge is 0.306 e. The largest absolute Gasteiger partial charge is 0.404 e. The molecule has 0 saturated carbocycles. The maximum Gasteiger partial charge on any atom is 0.404 e. The summed E-state index contributed by atoms with van der Waals surface area (Å²) in [4.78, 5) is 0. The van der Waals surface area contributed by atoms with E-state index in [1.807, 2.05) is 0 Å². The van der Waals surface area contributed by atoms with Crippen LogP contribution in [-0.2, 0) is 6.42 Å². The molecule has 102 valence electrons. The lowest BCUT2D eigenvalue weighted by Crippen LogP contribution is -2.44. The van der Waals surface area contributed by atoms with E-state index in [0.717, 1.165) is 12.1 Å². The zero-order valence-corrected chi connectivity index (χ0v) is 9.82. The van der Waals surface area contributed by atoms with Crippen LogP contribution in [0.4, 0.5) is 22.0 Å². The van der Waals surface area contributed by atoms with Gasteiger partial charge in [0.2, 0.25) is 0 Å². The van der Waals surface area contributed by atoms with Crippen molar-refractivity contribution >= 4 is 0 Å². The van der Waals surface area contributed by atoms with Crippen LogP contribution in [0.25, 0.3) is 0 Å². The molecule has 1 nitrogen and oxygen atoms in total. The van der Waals surface area contributed by atoms with Crippen LogP contribution in [0.5, 0.6) is 0 Å². The summed E-state index contributed by atoms with van der Waals surface area (Å²) < 4.78 is 63.8. The molecule has 0 saturated heterocycles.